The van der Waals surface area contributed by atoms with E-state index in [1.807, 2.05) is 13.8 Å². The standard InChI is InChI=1S/C8H17ClO4S/c1-8(2)13-6-5-12-4-3-7-14(9,10)11/h8H,3-7H2,1-2H3. The summed E-state index contributed by atoms with van der Waals surface area (Å²) in [6, 6.07) is 0. The molecule has 0 aliphatic heterocycles. The first-order valence-electron chi connectivity index (χ1n) is 4.53. The van der Waals surface area contributed by atoms with Gasteiger partial charge in [0.1, 0.15) is 0 Å². The van der Waals surface area contributed by atoms with Crippen LogP contribution >= 0.6 is 10.7 Å². The van der Waals surface area contributed by atoms with Gasteiger partial charge in [-0.15, -0.1) is 0 Å². The van der Waals surface area contributed by atoms with E-state index in [1.54, 1.807) is 0 Å². The maximum atomic E-state index is 10.5. The van der Waals surface area contributed by atoms with E-state index >= 15 is 0 Å². The molecule has 0 aromatic heterocycles. The lowest BCUT2D eigenvalue weighted by atomic mass is 10.5. The molecule has 0 heterocycles. The molecule has 6 heteroatoms. The molecule has 0 unspecified atom stereocenters. The Morgan fingerprint density at radius 1 is 1.21 bits per heavy atom. The van der Waals surface area contributed by atoms with Crippen molar-refractivity contribution in [3.8, 4) is 0 Å². The summed E-state index contributed by atoms with van der Waals surface area (Å²) in [4.78, 5) is 0. The number of rotatable bonds is 8. The molecule has 0 atom stereocenters. The first-order chi connectivity index (χ1) is 6.42. The molecule has 0 N–H and O–H groups in total. The van der Waals surface area contributed by atoms with Crippen molar-refractivity contribution in [2.24, 2.45) is 0 Å². The van der Waals surface area contributed by atoms with Gasteiger partial charge in [-0.2, -0.15) is 0 Å². The van der Waals surface area contributed by atoms with Crippen LogP contribution in [0.4, 0.5) is 0 Å². The second-order valence-corrected chi connectivity index (χ2v) is 6.02. The topological polar surface area (TPSA) is 52.6 Å². The third kappa shape index (κ3) is 12.2. The average molecular weight is 245 g/mol. The second kappa shape index (κ2) is 7.45. The Morgan fingerprint density at radius 2 is 1.86 bits per heavy atom. The van der Waals surface area contributed by atoms with Crippen LogP contribution in [0.15, 0.2) is 0 Å². The van der Waals surface area contributed by atoms with E-state index in [2.05, 4.69) is 0 Å². The fraction of sp³-hybridized carbons (Fsp3) is 1.00. The summed E-state index contributed by atoms with van der Waals surface area (Å²) in [5.74, 6) is -0.0421. The Labute approximate surface area is 90.0 Å². The third-order valence-electron chi connectivity index (χ3n) is 1.36. The lowest BCUT2D eigenvalue weighted by Crippen LogP contribution is -2.11. The highest BCUT2D eigenvalue weighted by Crippen LogP contribution is 1.98. The molecule has 0 amide bonds. The monoisotopic (exact) mass is 244 g/mol. The van der Waals surface area contributed by atoms with E-state index in [4.69, 9.17) is 20.2 Å². The van der Waals surface area contributed by atoms with E-state index in [-0.39, 0.29) is 11.9 Å². The van der Waals surface area contributed by atoms with Gasteiger partial charge in [-0.05, 0) is 20.3 Å². The molecule has 14 heavy (non-hydrogen) atoms. The van der Waals surface area contributed by atoms with E-state index in [1.165, 1.54) is 0 Å². The maximum Gasteiger partial charge on any atom is 0.232 e. The SMILES string of the molecule is CC(C)OCCOCCCS(=O)(=O)Cl. The largest absolute Gasteiger partial charge is 0.379 e. The van der Waals surface area contributed by atoms with Crippen molar-refractivity contribution in [2.45, 2.75) is 26.4 Å². The Morgan fingerprint density at radius 3 is 2.36 bits per heavy atom. The van der Waals surface area contributed by atoms with Crippen molar-refractivity contribution in [3.05, 3.63) is 0 Å². The minimum atomic E-state index is -3.37. The molecule has 0 radical (unpaired) electrons. The first kappa shape index (κ1) is 14.2. The van der Waals surface area contributed by atoms with Crippen molar-refractivity contribution in [1.82, 2.24) is 0 Å². The van der Waals surface area contributed by atoms with Gasteiger partial charge in [0.05, 0.1) is 25.1 Å². The summed E-state index contributed by atoms with van der Waals surface area (Å²) in [6.45, 7) is 5.30. The Hall–Kier alpha value is 0.160. The molecule has 0 spiro atoms. The van der Waals surface area contributed by atoms with Crippen LogP contribution < -0.4 is 0 Å². The van der Waals surface area contributed by atoms with Crippen LogP contribution in [0.25, 0.3) is 0 Å². The first-order valence-corrected chi connectivity index (χ1v) is 7.01. The summed E-state index contributed by atoms with van der Waals surface area (Å²) in [6.07, 6.45) is 0.620. The molecule has 4 nitrogen and oxygen atoms in total. The molecule has 0 aliphatic rings. The van der Waals surface area contributed by atoms with Crippen molar-refractivity contribution in [2.75, 3.05) is 25.6 Å². The van der Waals surface area contributed by atoms with Gasteiger partial charge in [-0.1, -0.05) is 0 Å². The molecule has 0 saturated heterocycles. The van der Waals surface area contributed by atoms with Crippen LogP contribution in [-0.4, -0.2) is 40.1 Å². The summed E-state index contributed by atoms with van der Waals surface area (Å²) >= 11 is 0. The molecule has 0 saturated carbocycles. The molecule has 0 aromatic carbocycles. The van der Waals surface area contributed by atoms with Crippen LogP contribution in [0.5, 0.6) is 0 Å². The van der Waals surface area contributed by atoms with Crippen LogP contribution in [-0.2, 0) is 18.5 Å². The Bertz CT molecular complexity index is 225. The van der Waals surface area contributed by atoms with Gasteiger partial charge >= 0.3 is 0 Å². The number of ether oxygens (including phenoxy) is 2. The minimum Gasteiger partial charge on any atom is -0.379 e. The van der Waals surface area contributed by atoms with Crippen molar-refractivity contribution >= 4 is 19.7 Å². The van der Waals surface area contributed by atoms with E-state index in [0.29, 0.717) is 26.2 Å². The normalized spacial score (nSPS) is 12.3. The fourth-order valence-electron chi connectivity index (χ4n) is 0.778. The highest BCUT2D eigenvalue weighted by Gasteiger charge is 2.03. The van der Waals surface area contributed by atoms with E-state index in [9.17, 15) is 8.42 Å². The van der Waals surface area contributed by atoms with Crippen LogP contribution in [0.2, 0.25) is 0 Å². The van der Waals surface area contributed by atoms with Crippen LogP contribution in [0.1, 0.15) is 20.3 Å². The highest BCUT2D eigenvalue weighted by atomic mass is 35.7. The third-order valence-corrected chi connectivity index (χ3v) is 2.59. The van der Waals surface area contributed by atoms with Gasteiger partial charge in [-0.3, -0.25) is 0 Å². The second-order valence-electron chi connectivity index (χ2n) is 3.13. The molecule has 0 aliphatic carbocycles. The van der Waals surface area contributed by atoms with Gasteiger partial charge in [0.2, 0.25) is 9.05 Å². The van der Waals surface area contributed by atoms with Gasteiger partial charge in [-0.25, -0.2) is 8.42 Å². The van der Waals surface area contributed by atoms with Gasteiger partial charge in [0.25, 0.3) is 0 Å². The van der Waals surface area contributed by atoms with Gasteiger partial charge in [0, 0.05) is 17.3 Å². The number of halogens is 1. The van der Waals surface area contributed by atoms with E-state index < -0.39 is 9.05 Å². The molecule has 0 bridgehead atoms. The van der Waals surface area contributed by atoms with E-state index in [0.717, 1.165) is 0 Å². The van der Waals surface area contributed by atoms with Crippen LogP contribution in [0.3, 0.4) is 0 Å². The minimum absolute atomic E-state index is 0.0421. The predicted molar refractivity (Wildman–Crippen MR) is 56.2 cm³/mol. The molecular weight excluding hydrogens is 228 g/mol. The predicted octanol–water partition coefficient (Wildman–Crippen LogP) is 1.39. The average Bonchev–Trinajstić information content (AvgIpc) is 2.00. The summed E-state index contributed by atoms with van der Waals surface area (Å²) in [5.41, 5.74) is 0. The van der Waals surface area contributed by atoms with Gasteiger partial charge < -0.3 is 9.47 Å². The summed E-state index contributed by atoms with van der Waals surface area (Å²) in [5, 5.41) is 0. The summed E-state index contributed by atoms with van der Waals surface area (Å²) < 4.78 is 31.3. The molecule has 86 valence electrons. The molecular formula is C8H17ClO4S. The Balaban J connectivity index is 3.15. The quantitative estimate of drug-likeness (QED) is 0.478. The van der Waals surface area contributed by atoms with Crippen molar-refractivity contribution < 1.29 is 17.9 Å². The fourth-order valence-corrected chi connectivity index (χ4v) is 1.57. The lowest BCUT2D eigenvalue weighted by Gasteiger charge is -2.07. The smallest absolute Gasteiger partial charge is 0.232 e. The van der Waals surface area contributed by atoms with Gasteiger partial charge in [0.15, 0.2) is 0 Å². The zero-order valence-corrected chi connectivity index (χ0v) is 10.1. The summed E-state index contributed by atoms with van der Waals surface area (Å²) in [7, 11) is 1.64. The van der Waals surface area contributed by atoms with Crippen molar-refractivity contribution in [3.63, 3.8) is 0 Å². The highest BCUT2D eigenvalue weighted by molar-refractivity contribution is 8.13. The van der Waals surface area contributed by atoms with Crippen LogP contribution in [0, 0.1) is 0 Å². The Kier molecular flexibility index (Phi) is 7.54. The van der Waals surface area contributed by atoms with Crippen molar-refractivity contribution in [1.29, 1.82) is 0 Å². The zero-order chi connectivity index (χ0) is 11.0. The molecule has 0 fully saturated rings. The molecule has 0 aromatic rings. The molecule has 0 rings (SSSR count). The lowest BCUT2D eigenvalue weighted by molar-refractivity contribution is 0.0199. The maximum absolute atomic E-state index is 10.5. The zero-order valence-electron chi connectivity index (χ0n) is 8.53. The number of hydrogen-bond acceptors (Lipinski definition) is 4. The number of hydrogen-bond donors (Lipinski definition) is 0.